The number of rotatable bonds is 6. The molecule has 26 heavy (non-hydrogen) atoms. The molecule has 1 fully saturated rings. The Bertz CT molecular complexity index is 837. The van der Waals surface area contributed by atoms with Gasteiger partial charge in [-0.25, -0.2) is 17.2 Å². The molecule has 1 saturated heterocycles. The van der Waals surface area contributed by atoms with Crippen molar-refractivity contribution in [2.75, 3.05) is 38.5 Å². The summed E-state index contributed by atoms with van der Waals surface area (Å²) in [6.45, 7) is 3.21. The largest absolute Gasteiger partial charge is 0.332 e. The van der Waals surface area contributed by atoms with Gasteiger partial charge in [0.1, 0.15) is 11.6 Å². The Hall–Kier alpha value is -1.48. The Labute approximate surface area is 156 Å². The van der Waals surface area contributed by atoms with Crippen molar-refractivity contribution in [3.05, 3.63) is 60.2 Å². The normalized spacial score (nSPS) is 16.7. The van der Waals surface area contributed by atoms with Crippen LogP contribution < -0.4 is 4.90 Å². The van der Waals surface area contributed by atoms with Gasteiger partial charge < -0.3 is 4.90 Å². The van der Waals surface area contributed by atoms with Crippen LogP contribution in [0.25, 0.3) is 0 Å². The van der Waals surface area contributed by atoms with E-state index in [1.165, 1.54) is 39.5 Å². The van der Waals surface area contributed by atoms with Crippen LogP contribution in [0.3, 0.4) is 0 Å². The molecule has 0 aromatic heterocycles. The summed E-state index contributed by atoms with van der Waals surface area (Å²) in [7, 11) is -3.64. The number of piperazine rings is 1. The van der Waals surface area contributed by atoms with Gasteiger partial charge in [0.05, 0.1) is 37.6 Å². The van der Waals surface area contributed by atoms with Gasteiger partial charge in [-0.1, -0.05) is 6.07 Å². The van der Waals surface area contributed by atoms with Gasteiger partial charge in [-0.3, -0.25) is 0 Å². The predicted octanol–water partition coefficient (Wildman–Crippen LogP) is 1.65. The highest BCUT2D eigenvalue weighted by Gasteiger charge is 2.30. The second-order valence-corrected chi connectivity index (χ2v) is 9.27. The van der Waals surface area contributed by atoms with Crippen LogP contribution in [0.5, 0.6) is 0 Å². The molecule has 0 radical (unpaired) electrons. The van der Waals surface area contributed by atoms with Crippen LogP contribution in [0.2, 0.25) is 0 Å². The van der Waals surface area contributed by atoms with Gasteiger partial charge in [0.25, 0.3) is 0 Å². The fourth-order valence-electron chi connectivity index (χ4n) is 2.91. The highest BCUT2D eigenvalue weighted by Crippen LogP contribution is 2.18. The fraction of sp³-hybridized carbons (Fsp3) is 0.333. The summed E-state index contributed by atoms with van der Waals surface area (Å²) in [6.07, 6.45) is 0. The molecule has 1 heterocycles. The summed E-state index contributed by atoms with van der Waals surface area (Å²) in [4.78, 5) is 2.37. The fourth-order valence-corrected chi connectivity index (χ4v) is 5.34. The van der Waals surface area contributed by atoms with Crippen molar-refractivity contribution in [1.29, 1.82) is 0 Å². The smallest absolute Gasteiger partial charge is 0.243 e. The van der Waals surface area contributed by atoms with Gasteiger partial charge in [0.15, 0.2) is 0 Å². The molecule has 1 aliphatic rings. The summed E-state index contributed by atoms with van der Waals surface area (Å²) in [5.41, 5.74) is 0. The van der Waals surface area contributed by atoms with Crippen molar-refractivity contribution in [2.45, 2.75) is 9.79 Å². The van der Waals surface area contributed by atoms with E-state index in [0.717, 1.165) is 36.3 Å². The highest BCUT2D eigenvalue weighted by molar-refractivity contribution is 7.99. The molecule has 2 aromatic rings. The second-order valence-electron chi connectivity index (χ2n) is 6.16. The highest BCUT2D eigenvalue weighted by atomic mass is 32.2. The number of benzene rings is 2. The lowest BCUT2D eigenvalue weighted by molar-refractivity contribution is -0.901. The summed E-state index contributed by atoms with van der Waals surface area (Å²) >= 11 is 1.67. The quantitative estimate of drug-likeness (QED) is 0.751. The Balaban J connectivity index is 1.48. The predicted molar refractivity (Wildman–Crippen MR) is 97.8 cm³/mol. The Morgan fingerprint density at radius 3 is 2.35 bits per heavy atom. The maximum atomic E-state index is 13.3. The molecule has 0 amide bonds. The molecule has 1 aliphatic heterocycles. The first-order valence-corrected chi connectivity index (χ1v) is 10.9. The minimum Gasteiger partial charge on any atom is -0.332 e. The van der Waals surface area contributed by atoms with Crippen molar-refractivity contribution < 1.29 is 22.1 Å². The third-order valence-corrected chi connectivity index (χ3v) is 7.31. The number of hydrogen-bond donors (Lipinski definition) is 1. The zero-order chi connectivity index (χ0) is 18.6. The third kappa shape index (κ3) is 4.82. The van der Waals surface area contributed by atoms with Crippen LogP contribution in [-0.4, -0.2) is 51.2 Å². The van der Waals surface area contributed by atoms with Gasteiger partial charge in [-0.05, 0) is 42.5 Å². The first-order chi connectivity index (χ1) is 12.4. The minimum atomic E-state index is -3.64. The number of quaternary nitrogens is 1. The number of thioether (sulfide) groups is 1. The van der Waals surface area contributed by atoms with E-state index < -0.39 is 15.8 Å². The SMILES string of the molecule is O=S(=O)(c1cccc(F)c1)N1CC[NH+](CCSc2ccc(F)cc2)CC1. The summed E-state index contributed by atoms with van der Waals surface area (Å²) in [5.74, 6) is 0.0983. The van der Waals surface area contributed by atoms with Crippen molar-refractivity contribution in [2.24, 2.45) is 0 Å². The molecule has 0 spiro atoms. The van der Waals surface area contributed by atoms with Crippen molar-refractivity contribution in [3.63, 3.8) is 0 Å². The number of halogens is 2. The molecule has 0 saturated carbocycles. The van der Waals surface area contributed by atoms with E-state index in [2.05, 4.69) is 0 Å². The Kier molecular flexibility index (Phi) is 6.29. The van der Waals surface area contributed by atoms with E-state index >= 15 is 0 Å². The van der Waals surface area contributed by atoms with E-state index in [0.29, 0.717) is 13.1 Å². The molecule has 140 valence electrons. The zero-order valence-corrected chi connectivity index (χ0v) is 15.8. The van der Waals surface area contributed by atoms with E-state index in [1.54, 1.807) is 23.9 Å². The first-order valence-electron chi connectivity index (χ1n) is 8.43. The number of nitrogens with zero attached hydrogens (tertiary/aromatic N) is 1. The molecule has 8 heteroatoms. The molecule has 0 aliphatic carbocycles. The zero-order valence-electron chi connectivity index (χ0n) is 14.2. The Morgan fingerprint density at radius 2 is 1.69 bits per heavy atom. The minimum absolute atomic E-state index is 0.00724. The van der Waals surface area contributed by atoms with Gasteiger partial charge in [-0.2, -0.15) is 4.31 Å². The van der Waals surface area contributed by atoms with Gasteiger partial charge in [0.2, 0.25) is 10.0 Å². The first kappa shape index (κ1) is 19.3. The topological polar surface area (TPSA) is 41.8 Å². The van der Waals surface area contributed by atoms with E-state index in [1.807, 2.05) is 0 Å². The van der Waals surface area contributed by atoms with Gasteiger partial charge in [0, 0.05) is 10.6 Å². The molecule has 2 aromatic carbocycles. The van der Waals surface area contributed by atoms with Crippen LogP contribution in [0.1, 0.15) is 0 Å². The maximum Gasteiger partial charge on any atom is 0.243 e. The van der Waals surface area contributed by atoms with Crippen LogP contribution in [0.4, 0.5) is 8.78 Å². The van der Waals surface area contributed by atoms with Crippen molar-refractivity contribution in [3.8, 4) is 0 Å². The van der Waals surface area contributed by atoms with E-state index in [4.69, 9.17) is 0 Å². The molecular formula is C18H21F2N2O2S2+. The maximum absolute atomic E-state index is 13.3. The lowest BCUT2D eigenvalue weighted by atomic mass is 10.3. The number of hydrogen-bond acceptors (Lipinski definition) is 3. The van der Waals surface area contributed by atoms with Crippen LogP contribution in [-0.2, 0) is 10.0 Å². The molecule has 3 rings (SSSR count). The lowest BCUT2D eigenvalue weighted by Gasteiger charge is -2.31. The number of sulfonamides is 1. The molecule has 0 unspecified atom stereocenters. The standard InChI is InChI=1S/C18H20F2N2O2S2/c19-15-4-6-17(7-5-15)25-13-12-21-8-10-22(11-9-21)26(23,24)18-3-1-2-16(20)14-18/h1-7,14H,8-13H2/p+1. The van der Waals surface area contributed by atoms with Crippen LogP contribution in [0, 0.1) is 11.6 Å². The second kappa shape index (κ2) is 8.47. The van der Waals surface area contributed by atoms with Crippen LogP contribution in [0.15, 0.2) is 58.3 Å². The van der Waals surface area contributed by atoms with E-state index in [9.17, 15) is 17.2 Å². The van der Waals surface area contributed by atoms with Gasteiger partial charge >= 0.3 is 0 Å². The lowest BCUT2D eigenvalue weighted by Crippen LogP contribution is -3.15. The van der Waals surface area contributed by atoms with Crippen LogP contribution >= 0.6 is 11.8 Å². The number of nitrogens with one attached hydrogen (secondary N) is 1. The Morgan fingerprint density at radius 1 is 1.00 bits per heavy atom. The molecular weight excluding hydrogens is 378 g/mol. The molecule has 0 bridgehead atoms. The summed E-state index contributed by atoms with van der Waals surface area (Å²) in [6, 6.07) is 11.6. The molecule has 0 atom stereocenters. The summed E-state index contributed by atoms with van der Waals surface area (Å²) in [5, 5.41) is 0. The average molecular weight is 400 g/mol. The monoisotopic (exact) mass is 399 g/mol. The molecule has 1 N–H and O–H groups in total. The summed E-state index contributed by atoms with van der Waals surface area (Å²) < 4.78 is 52.8. The average Bonchev–Trinajstić information content (AvgIpc) is 2.64. The van der Waals surface area contributed by atoms with Crippen molar-refractivity contribution in [1.82, 2.24) is 4.31 Å². The third-order valence-electron chi connectivity index (χ3n) is 4.40. The van der Waals surface area contributed by atoms with E-state index in [-0.39, 0.29) is 10.7 Å². The molecule has 4 nitrogen and oxygen atoms in total. The van der Waals surface area contributed by atoms with Crippen molar-refractivity contribution >= 4 is 21.8 Å². The van der Waals surface area contributed by atoms with Gasteiger partial charge in [-0.15, -0.1) is 11.8 Å².